The lowest BCUT2D eigenvalue weighted by atomic mass is 9.95. The zero-order chi connectivity index (χ0) is 26.7. The highest BCUT2D eigenvalue weighted by Gasteiger charge is 2.47. The van der Waals surface area contributed by atoms with Crippen molar-refractivity contribution >= 4 is 52.3 Å². The topological polar surface area (TPSA) is 93.1 Å². The van der Waals surface area contributed by atoms with E-state index in [1.165, 1.54) is 24.1 Å². The van der Waals surface area contributed by atoms with E-state index < -0.39 is 23.5 Å². The average Bonchev–Trinajstić information content (AvgIpc) is 3.15. The van der Waals surface area contributed by atoms with Crippen molar-refractivity contribution in [2.24, 2.45) is 0 Å². The summed E-state index contributed by atoms with van der Waals surface area (Å²) in [6, 6.07) is 17.5. The standard InChI is InChI=1S/C28H23Cl2NO6/c1-3-37-22(32)13-16-9-11-19(12-10-16)31-24(17-7-5-4-6-8-17)23(26(34)28(31)35)25(33)18-14-20(29)27(36-2)21(30)15-18/h4-12,14-15,24,33H,3,13H2,1-2H3/b25-23+. The van der Waals surface area contributed by atoms with Crippen LogP contribution in [0.25, 0.3) is 5.76 Å². The summed E-state index contributed by atoms with van der Waals surface area (Å²) in [5.41, 5.74) is 1.79. The molecule has 0 aromatic heterocycles. The maximum Gasteiger partial charge on any atom is 0.310 e. The van der Waals surface area contributed by atoms with Crippen LogP contribution in [0.15, 0.2) is 72.3 Å². The number of hydrogen-bond acceptors (Lipinski definition) is 6. The molecule has 7 nitrogen and oxygen atoms in total. The number of amides is 1. The second-order valence-electron chi connectivity index (χ2n) is 8.20. The number of nitrogens with zero attached hydrogens (tertiary/aromatic N) is 1. The third-order valence-electron chi connectivity index (χ3n) is 5.90. The summed E-state index contributed by atoms with van der Waals surface area (Å²) in [5.74, 6) is -2.22. The number of aliphatic hydroxyl groups is 1. The molecule has 9 heteroatoms. The predicted molar refractivity (Wildman–Crippen MR) is 141 cm³/mol. The molecule has 0 saturated carbocycles. The van der Waals surface area contributed by atoms with E-state index in [0.717, 1.165) is 0 Å². The summed E-state index contributed by atoms with van der Waals surface area (Å²) >= 11 is 12.5. The molecule has 1 amide bonds. The van der Waals surface area contributed by atoms with Crippen LogP contribution in [0, 0.1) is 0 Å². The highest BCUT2D eigenvalue weighted by Crippen LogP contribution is 2.43. The number of carbonyl (C=O) groups is 3. The van der Waals surface area contributed by atoms with Crippen LogP contribution in [0.1, 0.15) is 29.7 Å². The predicted octanol–water partition coefficient (Wildman–Crippen LogP) is 5.73. The summed E-state index contributed by atoms with van der Waals surface area (Å²) in [6.07, 6.45) is 0.0774. The maximum atomic E-state index is 13.3. The van der Waals surface area contributed by atoms with Crippen LogP contribution in [0.4, 0.5) is 5.69 Å². The second-order valence-corrected chi connectivity index (χ2v) is 9.02. The third kappa shape index (κ3) is 5.19. The first-order valence-corrected chi connectivity index (χ1v) is 12.2. The Morgan fingerprint density at radius 2 is 1.62 bits per heavy atom. The number of anilines is 1. The van der Waals surface area contributed by atoms with Gasteiger partial charge in [-0.25, -0.2) is 0 Å². The molecule has 1 N–H and O–H groups in total. The minimum absolute atomic E-state index is 0.0774. The molecule has 0 spiro atoms. The zero-order valence-corrected chi connectivity index (χ0v) is 21.5. The van der Waals surface area contributed by atoms with Crippen LogP contribution in [0.3, 0.4) is 0 Å². The van der Waals surface area contributed by atoms with E-state index in [2.05, 4.69) is 0 Å². The number of hydrogen-bond donors (Lipinski definition) is 1. The molecule has 4 rings (SSSR count). The molecule has 1 fully saturated rings. The zero-order valence-electron chi connectivity index (χ0n) is 20.0. The van der Waals surface area contributed by atoms with Crippen LogP contribution in [-0.2, 0) is 25.5 Å². The Bertz CT molecular complexity index is 1360. The lowest BCUT2D eigenvalue weighted by molar-refractivity contribution is -0.142. The van der Waals surface area contributed by atoms with E-state index in [1.54, 1.807) is 55.5 Å². The van der Waals surface area contributed by atoms with Gasteiger partial charge in [0.05, 0.1) is 41.8 Å². The number of carbonyl (C=O) groups excluding carboxylic acids is 3. The molecule has 1 aliphatic heterocycles. The summed E-state index contributed by atoms with van der Waals surface area (Å²) in [7, 11) is 1.41. The van der Waals surface area contributed by atoms with Crippen molar-refractivity contribution in [2.75, 3.05) is 18.6 Å². The van der Waals surface area contributed by atoms with Crippen molar-refractivity contribution in [3.63, 3.8) is 0 Å². The molecule has 1 unspecified atom stereocenters. The van der Waals surface area contributed by atoms with Gasteiger partial charge in [-0.1, -0.05) is 65.7 Å². The van der Waals surface area contributed by atoms with Gasteiger partial charge in [0.15, 0.2) is 5.75 Å². The molecular formula is C28H23Cl2NO6. The number of ketones is 1. The van der Waals surface area contributed by atoms with Gasteiger partial charge in [0.1, 0.15) is 5.76 Å². The molecular weight excluding hydrogens is 517 g/mol. The number of aliphatic hydroxyl groups excluding tert-OH is 1. The molecule has 0 aliphatic carbocycles. The minimum Gasteiger partial charge on any atom is -0.507 e. The number of ether oxygens (including phenoxy) is 2. The third-order valence-corrected chi connectivity index (χ3v) is 6.47. The molecule has 3 aromatic rings. The fourth-order valence-corrected chi connectivity index (χ4v) is 4.89. The van der Waals surface area contributed by atoms with E-state index in [1.807, 2.05) is 6.07 Å². The van der Waals surface area contributed by atoms with Crippen LogP contribution >= 0.6 is 23.2 Å². The van der Waals surface area contributed by atoms with Crippen LogP contribution in [-0.4, -0.2) is 36.5 Å². The summed E-state index contributed by atoms with van der Waals surface area (Å²) in [4.78, 5) is 39.8. The fourth-order valence-electron chi connectivity index (χ4n) is 4.25. The number of rotatable bonds is 7. The molecule has 37 heavy (non-hydrogen) atoms. The Kier molecular flexibility index (Phi) is 7.86. The van der Waals surface area contributed by atoms with Crippen molar-refractivity contribution in [1.82, 2.24) is 0 Å². The Morgan fingerprint density at radius 1 is 1.00 bits per heavy atom. The molecule has 1 aliphatic rings. The van der Waals surface area contributed by atoms with Crippen molar-refractivity contribution in [2.45, 2.75) is 19.4 Å². The van der Waals surface area contributed by atoms with Gasteiger partial charge in [-0.2, -0.15) is 0 Å². The molecule has 1 heterocycles. The van der Waals surface area contributed by atoms with E-state index in [9.17, 15) is 19.5 Å². The van der Waals surface area contributed by atoms with Gasteiger partial charge in [-0.3, -0.25) is 19.3 Å². The van der Waals surface area contributed by atoms with Crippen molar-refractivity contribution in [1.29, 1.82) is 0 Å². The normalized spacial score (nSPS) is 16.6. The van der Waals surface area contributed by atoms with E-state index in [-0.39, 0.29) is 45.9 Å². The van der Waals surface area contributed by atoms with Crippen molar-refractivity contribution in [3.05, 3.63) is 99.0 Å². The molecule has 1 atom stereocenters. The lowest BCUT2D eigenvalue weighted by Crippen LogP contribution is -2.29. The van der Waals surface area contributed by atoms with Gasteiger partial charge in [0, 0.05) is 11.3 Å². The Balaban J connectivity index is 1.82. The number of Topliss-reactive ketones (excluding diaryl/α,β-unsaturated/α-hetero) is 1. The molecule has 0 radical (unpaired) electrons. The molecule has 1 saturated heterocycles. The van der Waals surface area contributed by atoms with Gasteiger partial charge in [0.25, 0.3) is 11.7 Å². The van der Waals surface area contributed by atoms with E-state index in [4.69, 9.17) is 32.7 Å². The Labute approximate surface area is 223 Å². The lowest BCUT2D eigenvalue weighted by Gasteiger charge is -2.25. The Hall–Kier alpha value is -3.81. The summed E-state index contributed by atoms with van der Waals surface area (Å²) < 4.78 is 10.2. The first-order chi connectivity index (χ1) is 17.8. The van der Waals surface area contributed by atoms with Gasteiger partial charge < -0.3 is 14.6 Å². The fraction of sp³-hybridized carbons (Fsp3) is 0.179. The van der Waals surface area contributed by atoms with Crippen LogP contribution < -0.4 is 9.64 Å². The smallest absolute Gasteiger partial charge is 0.310 e. The van der Waals surface area contributed by atoms with Gasteiger partial charge in [-0.05, 0) is 42.3 Å². The first kappa shape index (κ1) is 26.3. The van der Waals surface area contributed by atoms with Gasteiger partial charge in [0.2, 0.25) is 0 Å². The highest BCUT2D eigenvalue weighted by atomic mass is 35.5. The van der Waals surface area contributed by atoms with Gasteiger partial charge >= 0.3 is 5.97 Å². The van der Waals surface area contributed by atoms with Crippen LogP contribution in [0.2, 0.25) is 10.0 Å². The van der Waals surface area contributed by atoms with Crippen molar-refractivity contribution in [3.8, 4) is 5.75 Å². The number of methoxy groups -OCH3 is 1. The second kappa shape index (κ2) is 11.1. The van der Waals surface area contributed by atoms with Gasteiger partial charge in [-0.15, -0.1) is 0 Å². The average molecular weight is 540 g/mol. The Morgan fingerprint density at radius 3 is 2.19 bits per heavy atom. The van der Waals surface area contributed by atoms with E-state index >= 15 is 0 Å². The van der Waals surface area contributed by atoms with Crippen molar-refractivity contribution < 1.29 is 29.0 Å². The molecule has 0 bridgehead atoms. The minimum atomic E-state index is -0.920. The monoisotopic (exact) mass is 539 g/mol. The quantitative estimate of drug-likeness (QED) is 0.178. The largest absolute Gasteiger partial charge is 0.507 e. The maximum absolute atomic E-state index is 13.3. The molecule has 190 valence electrons. The number of esters is 1. The number of benzene rings is 3. The molecule has 3 aromatic carbocycles. The SMILES string of the molecule is CCOC(=O)Cc1ccc(N2C(=O)C(=O)/C(=C(/O)c3cc(Cl)c(OC)c(Cl)c3)C2c2ccccc2)cc1. The van der Waals surface area contributed by atoms with E-state index in [0.29, 0.717) is 16.8 Å². The first-order valence-electron chi connectivity index (χ1n) is 11.4. The highest BCUT2D eigenvalue weighted by molar-refractivity contribution is 6.51. The number of halogens is 2. The summed E-state index contributed by atoms with van der Waals surface area (Å²) in [6.45, 7) is 2.01. The van der Waals surface area contributed by atoms with Crippen LogP contribution in [0.5, 0.6) is 5.75 Å². The summed E-state index contributed by atoms with van der Waals surface area (Å²) in [5, 5.41) is 11.6.